The van der Waals surface area contributed by atoms with Crippen molar-refractivity contribution in [3.05, 3.63) is 35.6 Å². The summed E-state index contributed by atoms with van der Waals surface area (Å²) < 4.78 is 13.6. The number of fused-ring (bicyclic) bond motifs is 2. The van der Waals surface area contributed by atoms with Crippen LogP contribution in [0.2, 0.25) is 0 Å². The van der Waals surface area contributed by atoms with Gasteiger partial charge in [-0.25, -0.2) is 4.39 Å². The molecule has 0 aliphatic carbocycles. The van der Waals surface area contributed by atoms with Gasteiger partial charge in [0.15, 0.2) is 0 Å². The van der Waals surface area contributed by atoms with E-state index in [1.54, 1.807) is 12.1 Å². The van der Waals surface area contributed by atoms with Gasteiger partial charge in [0.1, 0.15) is 5.82 Å². The second-order valence-corrected chi connectivity index (χ2v) is 6.02. The highest BCUT2D eigenvalue weighted by Crippen LogP contribution is 2.39. The number of hydrogen-bond donors (Lipinski definition) is 0. The Labute approximate surface area is 109 Å². The van der Waals surface area contributed by atoms with E-state index < -0.39 is 0 Å². The summed E-state index contributed by atoms with van der Waals surface area (Å²) in [6, 6.07) is 8.82. The first-order chi connectivity index (χ1) is 8.74. The number of piperidine rings is 1. The Bertz CT molecular complexity index is 403. The van der Waals surface area contributed by atoms with Crippen LogP contribution in [0.1, 0.15) is 37.7 Å². The summed E-state index contributed by atoms with van der Waals surface area (Å²) in [5, 5.41) is 0. The first kappa shape index (κ1) is 12.2. The molecular weight excluding hydrogens is 225 g/mol. The zero-order valence-corrected chi connectivity index (χ0v) is 11.1. The van der Waals surface area contributed by atoms with E-state index in [0.29, 0.717) is 0 Å². The number of nitrogens with zero attached hydrogens (tertiary/aromatic N) is 1. The van der Waals surface area contributed by atoms with Crippen LogP contribution in [0.4, 0.5) is 4.39 Å². The van der Waals surface area contributed by atoms with Gasteiger partial charge in [0.25, 0.3) is 0 Å². The molecule has 0 aromatic heterocycles. The van der Waals surface area contributed by atoms with E-state index in [2.05, 4.69) is 11.9 Å². The SMILES string of the molecule is CN1C2CCC1CC(CCc1ccccc1F)C2. The molecule has 2 unspecified atom stereocenters. The fourth-order valence-electron chi connectivity index (χ4n) is 3.82. The molecule has 2 heteroatoms. The zero-order valence-electron chi connectivity index (χ0n) is 11.1. The summed E-state index contributed by atoms with van der Waals surface area (Å²) in [5.41, 5.74) is 0.892. The van der Waals surface area contributed by atoms with E-state index in [4.69, 9.17) is 0 Å². The Balaban J connectivity index is 1.57. The molecule has 0 amide bonds. The maximum Gasteiger partial charge on any atom is 0.126 e. The lowest BCUT2D eigenvalue weighted by Gasteiger charge is -2.36. The molecule has 2 bridgehead atoms. The molecule has 2 fully saturated rings. The van der Waals surface area contributed by atoms with Gasteiger partial charge in [0.2, 0.25) is 0 Å². The highest BCUT2D eigenvalue weighted by Gasteiger charge is 2.37. The van der Waals surface area contributed by atoms with Gasteiger partial charge in [-0.05, 0) is 63.1 Å². The normalized spacial score (nSPS) is 31.8. The Hall–Kier alpha value is -0.890. The molecule has 2 saturated heterocycles. The highest BCUT2D eigenvalue weighted by molar-refractivity contribution is 5.17. The van der Waals surface area contributed by atoms with Gasteiger partial charge in [-0.2, -0.15) is 0 Å². The van der Waals surface area contributed by atoms with Gasteiger partial charge in [0, 0.05) is 12.1 Å². The van der Waals surface area contributed by atoms with Crippen LogP contribution in [0.5, 0.6) is 0 Å². The van der Waals surface area contributed by atoms with Gasteiger partial charge in [0.05, 0.1) is 0 Å². The van der Waals surface area contributed by atoms with E-state index in [9.17, 15) is 4.39 Å². The number of aryl methyl sites for hydroxylation is 1. The molecule has 2 atom stereocenters. The number of rotatable bonds is 3. The Morgan fingerprint density at radius 1 is 1.17 bits per heavy atom. The van der Waals surface area contributed by atoms with Crippen LogP contribution in [0.15, 0.2) is 24.3 Å². The first-order valence-electron chi connectivity index (χ1n) is 7.19. The summed E-state index contributed by atoms with van der Waals surface area (Å²) in [7, 11) is 2.27. The lowest BCUT2D eigenvalue weighted by atomic mass is 9.86. The standard InChI is InChI=1S/C16H22FN/c1-18-14-8-9-15(18)11-12(10-14)6-7-13-4-2-3-5-16(13)17/h2-5,12,14-15H,6-11H2,1H3. The number of hydrogen-bond acceptors (Lipinski definition) is 1. The molecule has 2 aliphatic heterocycles. The predicted octanol–water partition coefficient (Wildman–Crippen LogP) is 3.63. The van der Waals surface area contributed by atoms with Gasteiger partial charge >= 0.3 is 0 Å². The lowest BCUT2D eigenvalue weighted by molar-refractivity contribution is 0.129. The Morgan fingerprint density at radius 3 is 2.50 bits per heavy atom. The maximum absolute atomic E-state index is 13.6. The molecule has 1 nitrogen and oxygen atoms in total. The van der Waals surface area contributed by atoms with Crippen LogP contribution in [-0.2, 0) is 6.42 Å². The van der Waals surface area contributed by atoms with Crippen LogP contribution in [0, 0.1) is 11.7 Å². The van der Waals surface area contributed by atoms with Crippen molar-refractivity contribution in [2.75, 3.05) is 7.05 Å². The van der Waals surface area contributed by atoms with Crippen molar-refractivity contribution in [1.82, 2.24) is 4.90 Å². The quantitative estimate of drug-likeness (QED) is 0.788. The predicted molar refractivity (Wildman–Crippen MR) is 72.0 cm³/mol. The van der Waals surface area contributed by atoms with E-state index in [0.717, 1.165) is 36.4 Å². The van der Waals surface area contributed by atoms with Gasteiger partial charge in [-0.3, -0.25) is 0 Å². The fourth-order valence-corrected chi connectivity index (χ4v) is 3.82. The molecule has 3 rings (SSSR count). The minimum absolute atomic E-state index is 0.0339. The zero-order chi connectivity index (χ0) is 12.5. The van der Waals surface area contributed by atoms with Crippen molar-refractivity contribution in [2.24, 2.45) is 5.92 Å². The van der Waals surface area contributed by atoms with Crippen LogP contribution in [0.25, 0.3) is 0 Å². The summed E-state index contributed by atoms with van der Waals surface area (Å²) in [4.78, 5) is 2.57. The van der Waals surface area contributed by atoms with E-state index in [1.807, 2.05) is 12.1 Å². The van der Waals surface area contributed by atoms with Gasteiger partial charge < -0.3 is 4.90 Å². The minimum atomic E-state index is -0.0339. The van der Waals surface area contributed by atoms with Crippen molar-refractivity contribution in [1.29, 1.82) is 0 Å². The fraction of sp³-hybridized carbons (Fsp3) is 0.625. The molecule has 2 heterocycles. The van der Waals surface area contributed by atoms with Crippen LogP contribution in [-0.4, -0.2) is 24.0 Å². The molecule has 18 heavy (non-hydrogen) atoms. The second-order valence-electron chi connectivity index (χ2n) is 6.02. The topological polar surface area (TPSA) is 3.24 Å². The molecule has 1 aromatic rings. The van der Waals surface area contributed by atoms with E-state index >= 15 is 0 Å². The average Bonchev–Trinajstić information content (AvgIpc) is 2.62. The Morgan fingerprint density at radius 2 is 1.83 bits per heavy atom. The van der Waals surface area contributed by atoms with Crippen LogP contribution in [0.3, 0.4) is 0 Å². The molecule has 0 spiro atoms. The van der Waals surface area contributed by atoms with Crippen molar-refractivity contribution in [3.63, 3.8) is 0 Å². The lowest BCUT2D eigenvalue weighted by Crippen LogP contribution is -2.39. The van der Waals surface area contributed by atoms with Crippen molar-refractivity contribution in [2.45, 2.75) is 50.6 Å². The molecule has 0 saturated carbocycles. The molecule has 1 aromatic carbocycles. The minimum Gasteiger partial charge on any atom is -0.300 e. The summed E-state index contributed by atoms with van der Waals surface area (Å²) >= 11 is 0. The molecule has 98 valence electrons. The molecular formula is C16H22FN. The van der Waals surface area contributed by atoms with Crippen LogP contribution >= 0.6 is 0 Å². The number of halogens is 1. The first-order valence-corrected chi connectivity index (χ1v) is 7.19. The largest absolute Gasteiger partial charge is 0.300 e. The monoisotopic (exact) mass is 247 g/mol. The van der Waals surface area contributed by atoms with Crippen LogP contribution < -0.4 is 0 Å². The number of benzene rings is 1. The van der Waals surface area contributed by atoms with Crippen molar-refractivity contribution >= 4 is 0 Å². The summed E-state index contributed by atoms with van der Waals surface area (Å²) in [5.74, 6) is 0.770. The van der Waals surface area contributed by atoms with Gasteiger partial charge in [-0.1, -0.05) is 18.2 Å². The second kappa shape index (κ2) is 5.00. The highest BCUT2D eigenvalue weighted by atomic mass is 19.1. The third kappa shape index (κ3) is 2.31. The molecule has 0 radical (unpaired) electrons. The molecule has 0 N–H and O–H groups in total. The average molecular weight is 247 g/mol. The van der Waals surface area contributed by atoms with Crippen molar-refractivity contribution in [3.8, 4) is 0 Å². The smallest absolute Gasteiger partial charge is 0.126 e. The molecule has 2 aliphatic rings. The third-order valence-electron chi connectivity index (χ3n) is 4.98. The van der Waals surface area contributed by atoms with E-state index in [-0.39, 0.29) is 5.82 Å². The maximum atomic E-state index is 13.6. The third-order valence-corrected chi connectivity index (χ3v) is 4.98. The Kier molecular flexibility index (Phi) is 3.38. The van der Waals surface area contributed by atoms with Gasteiger partial charge in [-0.15, -0.1) is 0 Å². The summed E-state index contributed by atoms with van der Waals surface area (Å²) in [6.45, 7) is 0. The van der Waals surface area contributed by atoms with E-state index in [1.165, 1.54) is 25.7 Å². The summed E-state index contributed by atoms with van der Waals surface area (Å²) in [6.07, 6.45) is 7.44. The van der Waals surface area contributed by atoms with Crippen molar-refractivity contribution < 1.29 is 4.39 Å².